The van der Waals surface area contributed by atoms with Gasteiger partial charge in [-0.1, -0.05) is 12.1 Å². The highest BCUT2D eigenvalue weighted by molar-refractivity contribution is 5.69. The van der Waals surface area contributed by atoms with E-state index in [1.54, 1.807) is 24.3 Å². The lowest BCUT2D eigenvalue weighted by atomic mass is 9.90. The summed E-state index contributed by atoms with van der Waals surface area (Å²) in [5.74, 6) is 1.01. The second-order valence-corrected chi connectivity index (χ2v) is 6.74. The van der Waals surface area contributed by atoms with Crippen molar-refractivity contribution in [1.82, 2.24) is 29.8 Å². The Kier molecular flexibility index (Phi) is 3.56. The first-order valence-electron chi connectivity index (χ1n) is 8.81. The molecule has 1 aliphatic rings. The summed E-state index contributed by atoms with van der Waals surface area (Å²) in [6.45, 7) is 3.53. The molecule has 8 heteroatoms. The summed E-state index contributed by atoms with van der Waals surface area (Å²) in [7, 11) is 1.68. The number of fused-ring (bicyclic) bond motifs is 2. The number of nitrogens with zero attached hydrogens (tertiary/aromatic N) is 6. The van der Waals surface area contributed by atoms with Gasteiger partial charge in [0.1, 0.15) is 12.1 Å². The molecule has 0 aliphatic carbocycles. The van der Waals surface area contributed by atoms with Gasteiger partial charge in [0.15, 0.2) is 0 Å². The number of anilines is 1. The Morgan fingerprint density at radius 1 is 1.22 bits per heavy atom. The molecule has 5 rings (SSSR count). The first kappa shape index (κ1) is 15.8. The van der Waals surface area contributed by atoms with Gasteiger partial charge < -0.3 is 14.6 Å². The standard InChI is InChI=1S/C19H19N7O/c1-12-7-17(19-23-22-11-26(19)24-12)25-8-15(18-16(9-25)20-10-21-18)13-3-5-14(27-2)6-4-13/h3-7,10-11,15H,8-9H2,1-2H3,(H,20,21). The summed E-state index contributed by atoms with van der Waals surface area (Å²) in [6.07, 6.45) is 3.41. The number of benzene rings is 1. The number of ether oxygens (including phenoxy) is 1. The average molecular weight is 361 g/mol. The van der Waals surface area contributed by atoms with E-state index in [2.05, 4.69) is 48.4 Å². The van der Waals surface area contributed by atoms with E-state index in [1.807, 2.05) is 19.1 Å². The summed E-state index contributed by atoms with van der Waals surface area (Å²) in [5.41, 5.74) is 6.13. The van der Waals surface area contributed by atoms with Crippen LogP contribution in [0.3, 0.4) is 0 Å². The van der Waals surface area contributed by atoms with Crippen LogP contribution in [0.2, 0.25) is 0 Å². The number of methoxy groups -OCH3 is 1. The monoisotopic (exact) mass is 361 g/mol. The molecule has 27 heavy (non-hydrogen) atoms. The second-order valence-electron chi connectivity index (χ2n) is 6.74. The van der Waals surface area contributed by atoms with Gasteiger partial charge in [-0.15, -0.1) is 10.2 Å². The fraction of sp³-hybridized carbons (Fsp3) is 0.263. The maximum atomic E-state index is 5.30. The molecule has 136 valence electrons. The van der Waals surface area contributed by atoms with Crippen LogP contribution in [0.25, 0.3) is 5.65 Å². The van der Waals surface area contributed by atoms with Gasteiger partial charge in [0.25, 0.3) is 0 Å². The summed E-state index contributed by atoms with van der Waals surface area (Å²) >= 11 is 0. The van der Waals surface area contributed by atoms with E-state index in [4.69, 9.17) is 4.74 Å². The summed E-state index contributed by atoms with van der Waals surface area (Å²) in [4.78, 5) is 10.2. The van der Waals surface area contributed by atoms with Gasteiger partial charge >= 0.3 is 0 Å². The number of imidazole rings is 1. The van der Waals surface area contributed by atoms with Crippen LogP contribution in [-0.4, -0.2) is 43.4 Å². The lowest BCUT2D eigenvalue weighted by Gasteiger charge is -2.34. The minimum absolute atomic E-state index is 0.155. The number of hydrogen-bond acceptors (Lipinski definition) is 6. The molecule has 0 saturated carbocycles. The highest BCUT2D eigenvalue weighted by Gasteiger charge is 2.30. The topological polar surface area (TPSA) is 84.2 Å². The van der Waals surface area contributed by atoms with Crippen molar-refractivity contribution in [1.29, 1.82) is 0 Å². The van der Waals surface area contributed by atoms with Crippen molar-refractivity contribution < 1.29 is 4.74 Å². The minimum Gasteiger partial charge on any atom is -0.497 e. The van der Waals surface area contributed by atoms with E-state index in [0.717, 1.165) is 47.3 Å². The van der Waals surface area contributed by atoms with Crippen molar-refractivity contribution in [3.63, 3.8) is 0 Å². The van der Waals surface area contributed by atoms with Gasteiger partial charge in [0.2, 0.25) is 5.65 Å². The molecule has 0 bridgehead atoms. The van der Waals surface area contributed by atoms with Crippen LogP contribution in [0.5, 0.6) is 5.75 Å². The molecular weight excluding hydrogens is 342 g/mol. The molecule has 4 heterocycles. The van der Waals surface area contributed by atoms with E-state index in [0.29, 0.717) is 0 Å². The SMILES string of the molecule is COc1ccc(C2CN(c3cc(C)nn4cnnc34)Cc3[nH]cnc32)cc1. The summed E-state index contributed by atoms with van der Waals surface area (Å²) in [5, 5.41) is 12.7. The molecule has 0 spiro atoms. The average Bonchev–Trinajstić information content (AvgIpc) is 3.35. The molecule has 0 saturated heterocycles. The Bertz CT molecular complexity index is 1100. The van der Waals surface area contributed by atoms with Crippen LogP contribution in [0.4, 0.5) is 5.69 Å². The van der Waals surface area contributed by atoms with Gasteiger partial charge in [0, 0.05) is 12.5 Å². The van der Waals surface area contributed by atoms with E-state index < -0.39 is 0 Å². The van der Waals surface area contributed by atoms with Crippen LogP contribution in [-0.2, 0) is 6.54 Å². The number of H-pyrrole nitrogens is 1. The van der Waals surface area contributed by atoms with Crippen molar-refractivity contribution in [2.75, 3.05) is 18.6 Å². The molecule has 4 aromatic rings. The fourth-order valence-electron chi connectivity index (χ4n) is 3.77. The van der Waals surface area contributed by atoms with Crippen molar-refractivity contribution >= 4 is 11.3 Å². The Morgan fingerprint density at radius 3 is 2.89 bits per heavy atom. The minimum atomic E-state index is 0.155. The van der Waals surface area contributed by atoms with E-state index >= 15 is 0 Å². The maximum absolute atomic E-state index is 5.30. The molecule has 1 unspecified atom stereocenters. The zero-order valence-corrected chi connectivity index (χ0v) is 15.1. The first-order valence-corrected chi connectivity index (χ1v) is 8.81. The van der Waals surface area contributed by atoms with Crippen molar-refractivity contribution in [2.45, 2.75) is 19.4 Å². The lowest BCUT2D eigenvalue weighted by Crippen LogP contribution is -2.34. The molecule has 1 atom stereocenters. The number of aromatic amines is 1. The zero-order chi connectivity index (χ0) is 18.4. The van der Waals surface area contributed by atoms with Crippen molar-refractivity contribution in [2.24, 2.45) is 0 Å². The third kappa shape index (κ3) is 2.61. The summed E-state index contributed by atoms with van der Waals surface area (Å²) in [6, 6.07) is 10.3. The number of rotatable bonds is 3. The molecule has 1 aliphatic heterocycles. The number of nitrogens with one attached hydrogen (secondary N) is 1. The van der Waals surface area contributed by atoms with Crippen LogP contribution in [0.1, 0.15) is 28.6 Å². The lowest BCUT2D eigenvalue weighted by molar-refractivity contribution is 0.414. The highest BCUT2D eigenvalue weighted by atomic mass is 16.5. The fourth-order valence-corrected chi connectivity index (χ4v) is 3.77. The van der Waals surface area contributed by atoms with E-state index in [9.17, 15) is 0 Å². The zero-order valence-electron chi connectivity index (χ0n) is 15.1. The molecular formula is C19H19N7O. The van der Waals surface area contributed by atoms with Crippen molar-refractivity contribution in [3.8, 4) is 5.75 Å². The predicted octanol–water partition coefficient (Wildman–Crippen LogP) is 2.32. The number of aromatic nitrogens is 6. The quantitative estimate of drug-likeness (QED) is 0.603. The Morgan fingerprint density at radius 2 is 2.07 bits per heavy atom. The van der Waals surface area contributed by atoms with Crippen LogP contribution in [0.15, 0.2) is 43.0 Å². The van der Waals surface area contributed by atoms with Gasteiger partial charge in [-0.25, -0.2) is 4.98 Å². The molecule has 3 aromatic heterocycles. The van der Waals surface area contributed by atoms with Gasteiger partial charge in [-0.05, 0) is 30.7 Å². The number of hydrogen-bond donors (Lipinski definition) is 1. The van der Waals surface area contributed by atoms with Crippen molar-refractivity contribution in [3.05, 3.63) is 65.6 Å². The van der Waals surface area contributed by atoms with Gasteiger partial charge in [-0.2, -0.15) is 9.61 Å². The normalized spacial score (nSPS) is 16.5. The van der Waals surface area contributed by atoms with Gasteiger partial charge in [0.05, 0.1) is 42.8 Å². The molecule has 0 fully saturated rings. The Labute approximate surface area is 155 Å². The number of aryl methyl sites for hydroxylation is 1. The predicted molar refractivity (Wildman–Crippen MR) is 100.0 cm³/mol. The van der Waals surface area contributed by atoms with Crippen LogP contribution >= 0.6 is 0 Å². The Hall–Kier alpha value is -3.42. The Balaban J connectivity index is 1.59. The molecule has 1 aromatic carbocycles. The highest BCUT2D eigenvalue weighted by Crippen LogP contribution is 2.35. The third-order valence-electron chi connectivity index (χ3n) is 5.06. The van der Waals surface area contributed by atoms with Crippen LogP contribution < -0.4 is 9.64 Å². The van der Waals surface area contributed by atoms with E-state index in [1.165, 1.54) is 5.56 Å². The summed E-state index contributed by atoms with van der Waals surface area (Å²) < 4.78 is 7.03. The smallest absolute Gasteiger partial charge is 0.200 e. The second kappa shape index (κ2) is 6.08. The molecule has 8 nitrogen and oxygen atoms in total. The molecule has 0 radical (unpaired) electrons. The molecule has 1 N–H and O–H groups in total. The van der Waals surface area contributed by atoms with Gasteiger partial charge in [-0.3, -0.25) is 0 Å². The maximum Gasteiger partial charge on any atom is 0.200 e. The van der Waals surface area contributed by atoms with Crippen LogP contribution in [0, 0.1) is 6.92 Å². The third-order valence-corrected chi connectivity index (χ3v) is 5.06. The molecule has 0 amide bonds. The largest absolute Gasteiger partial charge is 0.497 e. The first-order chi connectivity index (χ1) is 13.2. The van der Waals surface area contributed by atoms with E-state index in [-0.39, 0.29) is 5.92 Å².